The van der Waals surface area contributed by atoms with Crippen LogP contribution in [0.5, 0.6) is 0 Å². The number of rotatable bonds is 8. The van der Waals surface area contributed by atoms with Crippen LogP contribution in [0.15, 0.2) is 54.6 Å². The molecule has 0 saturated carbocycles. The Morgan fingerprint density at radius 3 is 2.67 bits per heavy atom. The smallest absolute Gasteiger partial charge is 0.236 e. The molecule has 0 bridgehead atoms. The molecule has 6 nitrogen and oxygen atoms in total. The van der Waals surface area contributed by atoms with Crippen molar-refractivity contribution in [2.45, 2.75) is 31.8 Å². The van der Waals surface area contributed by atoms with E-state index in [4.69, 9.17) is 5.73 Å². The Balaban J connectivity index is 1.70. The first-order valence-corrected chi connectivity index (χ1v) is 9.30. The fourth-order valence-electron chi connectivity index (χ4n) is 3.38. The molecular formula is C21H26N4O2. The van der Waals surface area contributed by atoms with E-state index >= 15 is 0 Å². The number of hydrogen-bond acceptors (Lipinski definition) is 4. The van der Waals surface area contributed by atoms with Gasteiger partial charge in [0.2, 0.25) is 11.8 Å². The first-order chi connectivity index (χ1) is 13.1. The number of nitrogens with two attached hydrogens (primary N) is 1. The van der Waals surface area contributed by atoms with E-state index in [1.54, 1.807) is 0 Å². The molecule has 0 aliphatic carbocycles. The molecule has 0 radical (unpaired) electrons. The van der Waals surface area contributed by atoms with Gasteiger partial charge < -0.3 is 21.3 Å². The highest BCUT2D eigenvalue weighted by Gasteiger charge is 2.18. The molecule has 1 heterocycles. The lowest BCUT2D eigenvalue weighted by Gasteiger charge is -2.24. The predicted molar refractivity (Wildman–Crippen MR) is 107 cm³/mol. The van der Waals surface area contributed by atoms with Crippen LogP contribution in [-0.2, 0) is 16.1 Å². The van der Waals surface area contributed by atoms with E-state index in [1.807, 2.05) is 59.5 Å². The molecule has 2 aromatic rings. The number of carbonyl (C=O) groups excluding carboxylic acids is 2. The number of hydrogen-bond donors (Lipinski definition) is 3. The first kappa shape index (κ1) is 18.9. The molecule has 2 aromatic carbocycles. The molecule has 1 fully saturated rings. The van der Waals surface area contributed by atoms with Crippen molar-refractivity contribution >= 4 is 23.2 Å². The molecule has 142 valence electrons. The zero-order valence-corrected chi connectivity index (χ0v) is 15.4. The van der Waals surface area contributed by atoms with Gasteiger partial charge in [-0.25, -0.2) is 0 Å². The summed E-state index contributed by atoms with van der Waals surface area (Å²) >= 11 is 0. The molecule has 1 aliphatic heterocycles. The van der Waals surface area contributed by atoms with Crippen LogP contribution >= 0.6 is 0 Å². The molecule has 1 unspecified atom stereocenters. The van der Waals surface area contributed by atoms with Crippen molar-refractivity contribution < 1.29 is 9.59 Å². The van der Waals surface area contributed by atoms with Gasteiger partial charge in [-0.2, -0.15) is 0 Å². The summed E-state index contributed by atoms with van der Waals surface area (Å²) in [5.41, 5.74) is 8.08. The highest BCUT2D eigenvalue weighted by atomic mass is 16.2. The van der Waals surface area contributed by atoms with Crippen LogP contribution in [0.1, 0.15) is 24.8 Å². The summed E-state index contributed by atoms with van der Waals surface area (Å²) in [6.07, 6.45) is 2.63. The molecule has 0 aromatic heterocycles. The van der Waals surface area contributed by atoms with Gasteiger partial charge in [-0.3, -0.25) is 9.59 Å². The standard InChI is InChI=1S/C21H26N4O2/c22-20(26)15-25(14-16-6-2-1-3-7-16)19-10-4-8-18(12-19)24-21(27)13-17-9-5-11-23-17/h1-4,6-8,10,12,17,23H,5,9,11,13-15H2,(H2,22,26)(H,24,27). The fraction of sp³-hybridized carbons (Fsp3) is 0.333. The zero-order valence-electron chi connectivity index (χ0n) is 15.4. The lowest BCUT2D eigenvalue weighted by Crippen LogP contribution is -2.33. The summed E-state index contributed by atoms with van der Waals surface area (Å²) in [4.78, 5) is 25.7. The maximum Gasteiger partial charge on any atom is 0.236 e. The van der Waals surface area contributed by atoms with Crippen LogP contribution in [-0.4, -0.2) is 30.9 Å². The Morgan fingerprint density at radius 1 is 1.15 bits per heavy atom. The minimum absolute atomic E-state index is 0.00365. The van der Waals surface area contributed by atoms with E-state index in [-0.39, 0.29) is 18.5 Å². The van der Waals surface area contributed by atoms with E-state index in [0.717, 1.165) is 36.3 Å². The lowest BCUT2D eigenvalue weighted by atomic mass is 10.1. The van der Waals surface area contributed by atoms with Crippen LogP contribution < -0.4 is 21.3 Å². The normalized spacial score (nSPS) is 16.1. The van der Waals surface area contributed by atoms with Crippen LogP contribution in [0.3, 0.4) is 0 Å². The molecule has 1 aliphatic rings. The van der Waals surface area contributed by atoms with Crippen molar-refractivity contribution in [3.8, 4) is 0 Å². The Bertz CT molecular complexity index is 773. The maximum atomic E-state index is 12.3. The van der Waals surface area contributed by atoms with Gasteiger partial charge in [0.15, 0.2) is 0 Å². The predicted octanol–water partition coefficient (Wildman–Crippen LogP) is 2.26. The van der Waals surface area contributed by atoms with Gasteiger partial charge in [0.25, 0.3) is 0 Å². The second kappa shape index (κ2) is 9.19. The Labute approximate surface area is 159 Å². The van der Waals surface area contributed by atoms with Crippen LogP contribution in [0.4, 0.5) is 11.4 Å². The largest absolute Gasteiger partial charge is 0.368 e. The van der Waals surface area contributed by atoms with Crippen molar-refractivity contribution in [2.24, 2.45) is 5.73 Å². The minimum Gasteiger partial charge on any atom is -0.368 e. The second-order valence-electron chi connectivity index (χ2n) is 6.90. The third-order valence-electron chi connectivity index (χ3n) is 4.65. The lowest BCUT2D eigenvalue weighted by molar-refractivity contribution is -0.117. The number of nitrogens with zero attached hydrogens (tertiary/aromatic N) is 1. The number of primary amides is 1. The van der Waals surface area contributed by atoms with Crippen LogP contribution in [0, 0.1) is 0 Å². The Hall–Kier alpha value is -2.86. The molecule has 6 heteroatoms. The van der Waals surface area contributed by atoms with Gasteiger partial charge in [0.05, 0.1) is 6.54 Å². The molecule has 1 saturated heterocycles. The van der Waals surface area contributed by atoms with Crippen LogP contribution in [0.25, 0.3) is 0 Å². The number of carbonyl (C=O) groups is 2. The van der Waals surface area contributed by atoms with Gasteiger partial charge in [-0.05, 0) is 43.1 Å². The van der Waals surface area contributed by atoms with E-state index in [9.17, 15) is 9.59 Å². The molecule has 4 N–H and O–H groups in total. The average Bonchev–Trinajstić information content (AvgIpc) is 3.15. The SMILES string of the molecule is NC(=O)CN(Cc1ccccc1)c1cccc(NC(=O)CC2CCCN2)c1. The molecule has 0 spiro atoms. The number of anilines is 2. The zero-order chi connectivity index (χ0) is 19.1. The monoisotopic (exact) mass is 366 g/mol. The Kier molecular flexibility index (Phi) is 6.44. The third-order valence-corrected chi connectivity index (χ3v) is 4.65. The van der Waals surface area contributed by atoms with Gasteiger partial charge >= 0.3 is 0 Å². The molecule has 27 heavy (non-hydrogen) atoms. The second-order valence-corrected chi connectivity index (χ2v) is 6.90. The van der Waals surface area contributed by atoms with E-state index < -0.39 is 5.91 Å². The average molecular weight is 366 g/mol. The van der Waals surface area contributed by atoms with Crippen molar-refractivity contribution in [3.63, 3.8) is 0 Å². The van der Waals surface area contributed by atoms with Gasteiger partial charge in [-0.15, -0.1) is 0 Å². The minimum atomic E-state index is -0.396. The van der Waals surface area contributed by atoms with Crippen LogP contribution in [0.2, 0.25) is 0 Å². The number of benzene rings is 2. The summed E-state index contributed by atoms with van der Waals surface area (Å²) in [5, 5.41) is 6.29. The van der Waals surface area contributed by atoms with Crippen molar-refractivity contribution in [1.29, 1.82) is 0 Å². The summed E-state index contributed by atoms with van der Waals surface area (Å²) in [5.74, 6) is -0.399. The maximum absolute atomic E-state index is 12.3. The van der Waals surface area contributed by atoms with Crippen molar-refractivity contribution in [2.75, 3.05) is 23.3 Å². The topological polar surface area (TPSA) is 87.5 Å². The van der Waals surface area contributed by atoms with Gasteiger partial charge in [0.1, 0.15) is 0 Å². The molecule has 2 amide bonds. The molecule has 1 atom stereocenters. The van der Waals surface area contributed by atoms with Gasteiger partial charge in [-0.1, -0.05) is 36.4 Å². The highest BCUT2D eigenvalue weighted by Crippen LogP contribution is 2.22. The van der Waals surface area contributed by atoms with Gasteiger partial charge in [0, 0.05) is 30.4 Å². The first-order valence-electron chi connectivity index (χ1n) is 9.30. The van der Waals surface area contributed by atoms with Crippen molar-refractivity contribution in [3.05, 3.63) is 60.2 Å². The quantitative estimate of drug-likeness (QED) is 0.669. The third kappa shape index (κ3) is 5.82. The number of nitrogens with one attached hydrogen (secondary N) is 2. The van der Waals surface area contributed by atoms with E-state index in [0.29, 0.717) is 13.0 Å². The molecular weight excluding hydrogens is 340 g/mol. The fourth-order valence-corrected chi connectivity index (χ4v) is 3.38. The summed E-state index contributed by atoms with van der Waals surface area (Å²) < 4.78 is 0. The van der Waals surface area contributed by atoms with Crippen molar-refractivity contribution in [1.82, 2.24) is 5.32 Å². The highest BCUT2D eigenvalue weighted by molar-refractivity contribution is 5.91. The molecule has 3 rings (SSSR count). The Morgan fingerprint density at radius 2 is 1.96 bits per heavy atom. The summed E-state index contributed by atoms with van der Waals surface area (Å²) in [7, 11) is 0. The summed E-state index contributed by atoms with van der Waals surface area (Å²) in [6, 6.07) is 17.7. The number of amides is 2. The summed E-state index contributed by atoms with van der Waals surface area (Å²) in [6.45, 7) is 1.65. The van der Waals surface area contributed by atoms with E-state index in [1.165, 1.54) is 0 Å². The van der Waals surface area contributed by atoms with E-state index in [2.05, 4.69) is 10.6 Å².